The van der Waals surface area contributed by atoms with Crippen LogP contribution in [0, 0.1) is 19.3 Å². The lowest BCUT2D eigenvalue weighted by molar-refractivity contribution is -0.132. The van der Waals surface area contributed by atoms with Gasteiger partial charge in [-0.15, -0.1) is 0 Å². The molecule has 2 aliphatic carbocycles. The van der Waals surface area contributed by atoms with E-state index in [1.807, 2.05) is 4.90 Å². The third kappa shape index (κ3) is 4.10. The van der Waals surface area contributed by atoms with Crippen molar-refractivity contribution >= 4 is 17.5 Å². The van der Waals surface area contributed by atoms with E-state index in [9.17, 15) is 18.4 Å². The summed E-state index contributed by atoms with van der Waals surface area (Å²) in [5.41, 5.74) is 5.22. The van der Waals surface area contributed by atoms with Gasteiger partial charge in [0.2, 0.25) is 5.91 Å². The fourth-order valence-corrected chi connectivity index (χ4v) is 6.53. The van der Waals surface area contributed by atoms with Gasteiger partial charge in [0.15, 0.2) is 5.69 Å². The van der Waals surface area contributed by atoms with E-state index in [-0.39, 0.29) is 24.8 Å². The van der Waals surface area contributed by atoms with Crippen LogP contribution in [0.3, 0.4) is 0 Å². The van der Waals surface area contributed by atoms with Crippen LogP contribution in [-0.4, -0.2) is 76.6 Å². The van der Waals surface area contributed by atoms with Gasteiger partial charge in [0.05, 0.1) is 0 Å². The first kappa shape index (κ1) is 24.4. The number of nitrogens with zero attached hydrogens (tertiary/aromatic N) is 5. The molecule has 1 aromatic carbocycles. The van der Waals surface area contributed by atoms with Crippen molar-refractivity contribution in [1.82, 2.24) is 19.6 Å². The normalized spacial score (nSPS) is 21.9. The molecule has 0 N–H and O–H groups in total. The second kappa shape index (κ2) is 8.81. The number of rotatable bonds is 4. The van der Waals surface area contributed by atoms with E-state index >= 15 is 0 Å². The zero-order valence-electron chi connectivity index (χ0n) is 21.7. The highest BCUT2D eigenvalue weighted by atomic mass is 19.3. The Kier molecular flexibility index (Phi) is 5.80. The van der Waals surface area contributed by atoms with Crippen molar-refractivity contribution in [2.45, 2.75) is 64.8 Å². The highest BCUT2D eigenvalue weighted by Gasteiger charge is 2.70. The van der Waals surface area contributed by atoms with E-state index in [1.54, 1.807) is 9.58 Å². The maximum Gasteiger partial charge on any atom is 0.274 e. The lowest BCUT2D eigenvalue weighted by Gasteiger charge is -2.37. The number of alkyl halides is 2. The minimum Gasteiger partial charge on any atom is -0.368 e. The van der Waals surface area contributed by atoms with Crippen LogP contribution >= 0.6 is 0 Å². The fraction of sp³-hybridized carbons (Fsp3) is 0.607. The van der Waals surface area contributed by atoms with Crippen LogP contribution in [0.2, 0.25) is 0 Å². The van der Waals surface area contributed by atoms with Gasteiger partial charge in [0.25, 0.3) is 11.8 Å². The average Bonchev–Trinajstić information content (AvgIpc) is 3.23. The van der Waals surface area contributed by atoms with Crippen molar-refractivity contribution in [1.29, 1.82) is 0 Å². The van der Waals surface area contributed by atoms with Crippen molar-refractivity contribution < 1.29 is 18.4 Å². The number of carbonyl (C=O) groups is 2. The number of hydrogen-bond acceptors (Lipinski definition) is 4. The molecule has 198 valence electrons. The molecule has 9 heteroatoms. The number of likely N-dealkylation sites (tertiary alicyclic amines) is 1. The number of piperidine rings is 1. The second-order valence-electron chi connectivity index (χ2n) is 11.3. The number of fused-ring (bicyclic) bond motifs is 1. The van der Waals surface area contributed by atoms with Crippen molar-refractivity contribution in [3.05, 3.63) is 46.3 Å². The summed E-state index contributed by atoms with van der Waals surface area (Å²) in [5, 5.41) is 4.63. The number of carbonyl (C=O) groups excluding carboxylic acids is 2. The summed E-state index contributed by atoms with van der Waals surface area (Å²) >= 11 is 0. The first-order valence-electron chi connectivity index (χ1n) is 13.5. The predicted molar refractivity (Wildman–Crippen MR) is 136 cm³/mol. The highest BCUT2D eigenvalue weighted by Crippen LogP contribution is 2.65. The molecule has 0 atom stereocenters. The van der Waals surface area contributed by atoms with Gasteiger partial charge >= 0.3 is 0 Å². The molecule has 2 saturated heterocycles. The Morgan fingerprint density at radius 2 is 1.68 bits per heavy atom. The van der Waals surface area contributed by atoms with Gasteiger partial charge in [-0.25, -0.2) is 8.78 Å². The molecule has 2 aliphatic heterocycles. The van der Waals surface area contributed by atoms with E-state index < -0.39 is 11.3 Å². The van der Waals surface area contributed by atoms with Gasteiger partial charge in [0, 0.05) is 68.0 Å². The summed E-state index contributed by atoms with van der Waals surface area (Å²) in [4.78, 5) is 32.5. The molecule has 0 radical (unpaired) electrons. The topological polar surface area (TPSA) is 61.7 Å². The minimum atomic E-state index is -2.57. The molecule has 2 amide bonds. The summed E-state index contributed by atoms with van der Waals surface area (Å²) < 4.78 is 29.3. The van der Waals surface area contributed by atoms with Crippen molar-refractivity contribution in [3.63, 3.8) is 0 Å². The number of amides is 2. The zero-order chi connectivity index (χ0) is 25.9. The van der Waals surface area contributed by atoms with Crippen LogP contribution in [0.15, 0.2) is 18.2 Å². The van der Waals surface area contributed by atoms with Gasteiger partial charge in [-0.05, 0) is 63.1 Å². The summed E-state index contributed by atoms with van der Waals surface area (Å²) in [5.74, 6) is -2.73. The van der Waals surface area contributed by atoms with Crippen LogP contribution in [-0.2, 0) is 24.2 Å². The van der Waals surface area contributed by atoms with Crippen molar-refractivity contribution in [3.8, 4) is 0 Å². The smallest absolute Gasteiger partial charge is 0.274 e. The van der Waals surface area contributed by atoms with Gasteiger partial charge < -0.3 is 14.7 Å². The maximum absolute atomic E-state index is 13.8. The van der Waals surface area contributed by atoms with Crippen molar-refractivity contribution in [2.75, 3.05) is 44.2 Å². The Balaban J connectivity index is 1.10. The third-order valence-electron chi connectivity index (χ3n) is 9.26. The largest absolute Gasteiger partial charge is 0.368 e. The minimum absolute atomic E-state index is 0.0210. The Morgan fingerprint density at radius 1 is 0.973 bits per heavy atom. The zero-order valence-corrected chi connectivity index (χ0v) is 21.7. The Hall–Kier alpha value is -2.97. The SMILES string of the molecule is Cc1cccc(N2CCN(C(=O)Cn3nc(C(=O)N4CCC5(CC4)CC5(F)F)c4c3CCC4)CC2)c1C. The summed E-state index contributed by atoms with van der Waals surface area (Å²) in [7, 11) is 0. The first-order valence-corrected chi connectivity index (χ1v) is 13.5. The van der Waals surface area contributed by atoms with Crippen LogP contribution in [0.1, 0.15) is 58.6 Å². The van der Waals surface area contributed by atoms with Gasteiger partial charge in [-0.1, -0.05) is 12.1 Å². The molecule has 0 bridgehead atoms. The number of piperazine rings is 1. The van der Waals surface area contributed by atoms with Crippen LogP contribution in [0.25, 0.3) is 0 Å². The Bertz CT molecular complexity index is 1240. The third-order valence-corrected chi connectivity index (χ3v) is 9.26. The lowest BCUT2D eigenvalue weighted by Crippen LogP contribution is -2.50. The molecule has 37 heavy (non-hydrogen) atoms. The fourth-order valence-electron chi connectivity index (χ4n) is 6.53. The monoisotopic (exact) mass is 511 g/mol. The van der Waals surface area contributed by atoms with Crippen LogP contribution < -0.4 is 4.90 Å². The number of aryl methyl sites for hydroxylation is 1. The molecule has 2 aromatic rings. The molecule has 6 rings (SSSR count). The second-order valence-corrected chi connectivity index (χ2v) is 11.3. The molecular formula is C28H35F2N5O2. The quantitative estimate of drug-likeness (QED) is 0.630. The molecule has 1 saturated carbocycles. The van der Waals surface area contributed by atoms with Gasteiger partial charge in [0.1, 0.15) is 6.54 Å². The standard InChI is InChI=1S/C28H35F2N5O2/c1-19-5-3-7-22(20(19)2)32-13-15-33(16-14-32)24(36)17-35-23-8-4-6-21(23)25(31-35)26(37)34-11-9-27(10-12-34)18-28(27,29)30/h3,5,7H,4,6,8-18H2,1-2H3. The number of aromatic nitrogens is 2. The summed E-state index contributed by atoms with van der Waals surface area (Å²) in [6.45, 7) is 7.96. The highest BCUT2D eigenvalue weighted by molar-refractivity contribution is 5.94. The summed E-state index contributed by atoms with van der Waals surface area (Å²) in [6, 6.07) is 6.34. The van der Waals surface area contributed by atoms with E-state index in [0.717, 1.165) is 43.6 Å². The number of halogens is 2. The van der Waals surface area contributed by atoms with E-state index in [0.29, 0.717) is 44.7 Å². The molecule has 3 heterocycles. The molecule has 1 spiro atoms. The Morgan fingerprint density at radius 3 is 2.35 bits per heavy atom. The number of benzene rings is 1. The lowest BCUT2D eigenvalue weighted by atomic mass is 9.92. The van der Waals surface area contributed by atoms with Gasteiger partial charge in [-0.2, -0.15) is 5.10 Å². The van der Waals surface area contributed by atoms with E-state index in [2.05, 4.69) is 42.0 Å². The maximum atomic E-state index is 13.8. The molecule has 7 nitrogen and oxygen atoms in total. The molecule has 0 unspecified atom stereocenters. The summed E-state index contributed by atoms with van der Waals surface area (Å²) in [6.07, 6.45) is 3.16. The van der Waals surface area contributed by atoms with Crippen molar-refractivity contribution in [2.24, 2.45) is 5.41 Å². The van der Waals surface area contributed by atoms with E-state index in [4.69, 9.17) is 0 Å². The first-order chi connectivity index (χ1) is 17.7. The van der Waals surface area contributed by atoms with Gasteiger partial charge in [-0.3, -0.25) is 14.3 Å². The molecule has 4 aliphatic rings. The number of hydrogen-bond donors (Lipinski definition) is 0. The molecule has 3 fully saturated rings. The Labute approximate surface area is 216 Å². The van der Waals surface area contributed by atoms with E-state index in [1.165, 1.54) is 16.8 Å². The number of anilines is 1. The average molecular weight is 512 g/mol. The molecule has 1 aromatic heterocycles. The van der Waals surface area contributed by atoms with Crippen LogP contribution in [0.5, 0.6) is 0 Å². The molecular weight excluding hydrogens is 476 g/mol. The van der Waals surface area contributed by atoms with Crippen LogP contribution in [0.4, 0.5) is 14.5 Å². The predicted octanol–water partition coefficient (Wildman–Crippen LogP) is 3.60.